The molecule has 1 aromatic rings. The molecule has 17 heavy (non-hydrogen) atoms. The van der Waals surface area contributed by atoms with Crippen LogP contribution < -0.4 is 4.57 Å². The third kappa shape index (κ3) is 8.81. The Morgan fingerprint density at radius 2 is 1.76 bits per heavy atom. The molecule has 1 unspecified atom stereocenters. The Morgan fingerprint density at radius 3 is 2.12 bits per heavy atom. The monoisotopic (exact) mass is 354 g/mol. The highest BCUT2D eigenvalue weighted by atomic mass is 127. The fraction of sp³-hybridized carbons (Fsp3) is 0.500. The number of nitrogens with zero attached hydrogens (tertiary/aromatic N) is 2. The fourth-order valence-corrected chi connectivity index (χ4v) is 1.42. The van der Waals surface area contributed by atoms with E-state index in [0.717, 1.165) is 6.54 Å². The van der Waals surface area contributed by atoms with Gasteiger partial charge < -0.3 is 20.4 Å². The van der Waals surface area contributed by atoms with E-state index in [9.17, 15) is 5.11 Å². The molecule has 0 amide bonds. The Kier molecular flexibility index (Phi) is 6.97. The molecule has 0 bridgehead atoms. The fourth-order valence-electron chi connectivity index (χ4n) is 0.965. The maximum absolute atomic E-state index is 9.73. The van der Waals surface area contributed by atoms with E-state index in [2.05, 4.69) is 27.2 Å². The summed E-state index contributed by atoms with van der Waals surface area (Å²) in [7, 11) is 0. The zero-order valence-electron chi connectivity index (χ0n) is 9.62. The maximum Gasteiger partial charge on any atom is 0.168 e. The first kappa shape index (κ1) is 16.0. The van der Waals surface area contributed by atoms with Gasteiger partial charge in [-0.05, 0) is 13.8 Å². The molecular formula is C10H15IN2O4. The zero-order chi connectivity index (χ0) is 13.5. The highest BCUT2D eigenvalue weighted by molar-refractivity contribution is 14.1. The molecule has 0 spiro atoms. The minimum Gasteiger partial charge on any atom is -0.389 e. The Morgan fingerprint density at radius 1 is 1.35 bits per heavy atom. The van der Waals surface area contributed by atoms with Gasteiger partial charge in [-0.25, -0.2) is 4.57 Å². The van der Waals surface area contributed by atoms with E-state index in [1.54, 1.807) is 0 Å². The molecule has 1 heterocycles. The molecule has 1 N–H and O–H groups in total. The Hall–Kier alpha value is -0.960. The number of aliphatic hydroxyl groups is 1. The number of hydrogen-bond donors (Lipinski definition) is 1. The summed E-state index contributed by atoms with van der Waals surface area (Å²) in [5.74, 6) is 0. The van der Waals surface area contributed by atoms with Crippen molar-refractivity contribution in [1.82, 2.24) is 0 Å². The molecule has 0 saturated carbocycles. The van der Waals surface area contributed by atoms with Gasteiger partial charge in [-0.2, -0.15) is 0 Å². The smallest absolute Gasteiger partial charge is 0.168 e. The lowest BCUT2D eigenvalue weighted by molar-refractivity contribution is -0.696. The van der Waals surface area contributed by atoms with E-state index in [-0.39, 0.29) is 3.92 Å². The van der Waals surface area contributed by atoms with Crippen molar-refractivity contribution in [2.45, 2.75) is 29.9 Å². The van der Waals surface area contributed by atoms with E-state index in [1.165, 1.54) is 0 Å². The first-order valence-corrected chi connectivity index (χ1v) is 6.10. The van der Waals surface area contributed by atoms with Gasteiger partial charge in [0, 0.05) is 12.1 Å². The van der Waals surface area contributed by atoms with Gasteiger partial charge in [-0.15, -0.1) is 0 Å². The molecule has 96 valence electrons. The predicted octanol–water partition coefficient (Wildman–Crippen LogP) is 1.31. The quantitative estimate of drug-likeness (QED) is 0.291. The van der Waals surface area contributed by atoms with Crippen LogP contribution in [-0.4, -0.2) is 19.7 Å². The van der Waals surface area contributed by atoms with E-state index >= 15 is 0 Å². The second-order valence-electron chi connectivity index (χ2n) is 3.92. The standard InChI is InChI=1S/C10H15INO.NO3/c1-10(2,13)9(11)8-12-6-4-3-5-7-12;2-1(3)4/h3-7,9,13H,8H2,1-2H3;/q+1;-1. The molecular weight excluding hydrogens is 339 g/mol. The van der Waals surface area contributed by atoms with E-state index in [4.69, 9.17) is 15.3 Å². The number of aromatic nitrogens is 1. The third-order valence-corrected chi connectivity index (χ3v) is 3.83. The van der Waals surface area contributed by atoms with Crippen LogP contribution in [0.1, 0.15) is 13.8 Å². The van der Waals surface area contributed by atoms with Crippen LogP contribution in [0.3, 0.4) is 0 Å². The highest BCUT2D eigenvalue weighted by Crippen LogP contribution is 2.17. The van der Waals surface area contributed by atoms with Crippen molar-refractivity contribution in [1.29, 1.82) is 0 Å². The summed E-state index contributed by atoms with van der Waals surface area (Å²) in [6, 6.07) is 5.98. The number of alkyl halides is 1. The molecule has 0 aliphatic rings. The van der Waals surface area contributed by atoms with Crippen LogP contribution in [0, 0.1) is 15.3 Å². The molecule has 1 aromatic heterocycles. The topological polar surface area (TPSA) is 90.3 Å². The number of hydrogen-bond acceptors (Lipinski definition) is 4. The van der Waals surface area contributed by atoms with E-state index in [1.807, 2.05) is 44.4 Å². The van der Waals surface area contributed by atoms with Gasteiger partial charge in [0.2, 0.25) is 0 Å². The summed E-state index contributed by atoms with van der Waals surface area (Å²) >= 11 is 2.28. The second-order valence-corrected chi connectivity index (χ2v) is 5.42. The summed E-state index contributed by atoms with van der Waals surface area (Å²) in [6.45, 7) is 4.52. The van der Waals surface area contributed by atoms with Crippen LogP contribution in [0.5, 0.6) is 0 Å². The van der Waals surface area contributed by atoms with E-state index in [0.29, 0.717) is 0 Å². The van der Waals surface area contributed by atoms with Crippen LogP contribution in [0.25, 0.3) is 0 Å². The molecule has 0 aliphatic carbocycles. The lowest BCUT2D eigenvalue weighted by atomic mass is 10.1. The number of pyridine rings is 1. The first-order chi connectivity index (χ1) is 7.73. The van der Waals surface area contributed by atoms with Gasteiger partial charge in [-0.3, -0.25) is 0 Å². The molecule has 0 fully saturated rings. The van der Waals surface area contributed by atoms with Crippen molar-refractivity contribution >= 4 is 22.6 Å². The average molecular weight is 354 g/mol. The Labute approximate surface area is 113 Å². The zero-order valence-corrected chi connectivity index (χ0v) is 11.8. The second kappa shape index (κ2) is 7.38. The van der Waals surface area contributed by atoms with Crippen molar-refractivity contribution in [2.75, 3.05) is 0 Å². The first-order valence-electron chi connectivity index (χ1n) is 4.85. The molecule has 0 saturated heterocycles. The molecule has 1 atom stereocenters. The van der Waals surface area contributed by atoms with Crippen molar-refractivity contribution < 1.29 is 14.8 Å². The average Bonchev–Trinajstić information content (AvgIpc) is 2.16. The van der Waals surface area contributed by atoms with Gasteiger partial charge >= 0.3 is 0 Å². The van der Waals surface area contributed by atoms with Crippen molar-refractivity contribution in [3.8, 4) is 0 Å². The molecule has 1 rings (SSSR count). The van der Waals surface area contributed by atoms with Gasteiger partial charge in [0.25, 0.3) is 0 Å². The van der Waals surface area contributed by atoms with Crippen LogP contribution in [0.2, 0.25) is 0 Å². The SMILES string of the molecule is CC(C)(O)C(I)C[n+]1ccccc1.O=[N+]([O-])[O-]. The summed E-state index contributed by atoms with van der Waals surface area (Å²) in [4.78, 5) is 8.25. The van der Waals surface area contributed by atoms with Gasteiger partial charge in [0.15, 0.2) is 18.9 Å². The van der Waals surface area contributed by atoms with Crippen LogP contribution in [0.4, 0.5) is 0 Å². The largest absolute Gasteiger partial charge is 0.389 e. The van der Waals surface area contributed by atoms with Gasteiger partial charge in [0.1, 0.15) is 0 Å². The minimum atomic E-state index is -1.75. The predicted molar refractivity (Wildman–Crippen MR) is 71.1 cm³/mol. The summed E-state index contributed by atoms with van der Waals surface area (Å²) < 4.78 is 2.30. The lowest BCUT2D eigenvalue weighted by Gasteiger charge is -2.21. The summed E-state index contributed by atoms with van der Waals surface area (Å²) in [5, 5.41) is 24.5. The van der Waals surface area contributed by atoms with Crippen LogP contribution >= 0.6 is 22.6 Å². The molecule has 0 aliphatic heterocycles. The molecule has 6 nitrogen and oxygen atoms in total. The minimum absolute atomic E-state index is 0.220. The van der Waals surface area contributed by atoms with E-state index < -0.39 is 10.7 Å². The summed E-state index contributed by atoms with van der Waals surface area (Å²) in [5.41, 5.74) is -0.622. The lowest BCUT2D eigenvalue weighted by Crippen LogP contribution is -2.45. The highest BCUT2D eigenvalue weighted by Gasteiger charge is 2.27. The molecule has 0 radical (unpaired) electrons. The number of rotatable bonds is 3. The number of halogens is 1. The normalized spacial score (nSPS) is 12.2. The Bertz CT molecular complexity index is 336. The van der Waals surface area contributed by atoms with Gasteiger partial charge in [0.05, 0.1) is 14.6 Å². The molecule has 7 heteroatoms. The van der Waals surface area contributed by atoms with Gasteiger partial charge in [-0.1, -0.05) is 28.7 Å². The van der Waals surface area contributed by atoms with Crippen LogP contribution in [0.15, 0.2) is 30.6 Å². The molecule has 0 aromatic carbocycles. The van der Waals surface area contributed by atoms with Crippen molar-refractivity contribution in [3.05, 3.63) is 45.9 Å². The van der Waals surface area contributed by atoms with Crippen molar-refractivity contribution in [3.63, 3.8) is 0 Å². The summed E-state index contributed by atoms with van der Waals surface area (Å²) in [6.07, 6.45) is 4.02. The Balaban J connectivity index is 0.000000557. The van der Waals surface area contributed by atoms with Crippen LogP contribution in [-0.2, 0) is 6.54 Å². The third-order valence-electron chi connectivity index (χ3n) is 1.91. The maximum atomic E-state index is 9.73. The van der Waals surface area contributed by atoms with Crippen molar-refractivity contribution in [2.24, 2.45) is 0 Å².